The van der Waals surface area contributed by atoms with E-state index >= 15 is 0 Å². The number of nitrogens with zero attached hydrogens (tertiary/aromatic N) is 5. The molecule has 0 aromatic carbocycles. The number of rotatable bonds is 8. The number of pyridine rings is 2. The summed E-state index contributed by atoms with van der Waals surface area (Å²) in [5, 5.41) is 11.1. The molecule has 0 unspecified atom stereocenters. The van der Waals surface area contributed by atoms with Gasteiger partial charge in [-0.05, 0) is 91.7 Å². The molecule has 0 radical (unpaired) electrons. The van der Waals surface area contributed by atoms with Crippen LogP contribution in [0.2, 0.25) is 0 Å². The first-order valence-electron chi connectivity index (χ1n) is 14.0. The van der Waals surface area contributed by atoms with Gasteiger partial charge in [-0.15, -0.1) is 0 Å². The Hall–Kier alpha value is -3.01. The highest BCUT2D eigenvalue weighted by Crippen LogP contribution is 2.42. The molecule has 1 aliphatic heterocycles. The Morgan fingerprint density at radius 2 is 2.02 bits per heavy atom. The summed E-state index contributed by atoms with van der Waals surface area (Å²) >= 11 is 3.58. The fourth-order valence-corrected chi connectivity index (χ4v) is 7.30. The number of aryl methyl sites for hydroxylation is 1. The van der Waals surface area contributed by atoms with Crippen molar-refractivity contribution in [2.75, 3.05) is 55.6 Å². The van der Waals surface area contributed by atoms with Crippen LogP contribution < -0.4 is 30.9 Å². The Morgan fingerprint density at radius 1 is 1.20 bits per heavy atom. The number of hydrogen-bond acceptors (Lipinski definition) is 10. The largest absolute Gasteiger partial charge is 0.479 e. The number of ether oxygens (including phenoxy) is 1. The first-order valence-corrected chi connectivity index (χ1v) is 17.4. The minimum atomic E-state index is -2.62. The van der Waals surface area contributed by atoms with Crippen molar-refractivity contribution in [3.63, 3.8) is 0 Å². The lowest BCUT2D eigenvalue weighted by molar-refractivity contribution is 0.399. The smallest absolute Gasteiger partial charge is 0.239 e. The summed E-state index contributed by atoms with van der Waals surface area (Å²) < 4.78 is 19.8. The standard InChI is InChI=1S/C29H38BrN8O2P/c1-6-19-14-23(28(40-3)37-27(19)38-13-9-12-31-18(2)17-38)35-29-33-15-21(30)26(36-29)34-24-16-32-22-11-8-7-10-20(22)25(24)41(4,5)39/h8,11,14-16,18,31H,6-7,9-10,12-13,17H2,1-5H3,(H2,33,34,35,36)/t18-/m0/s1. The third kappa shape index (κ3) is 6.58. The molecule has 0 spiro atoms. The van der Waals surface area contributed by atoms with Gasteiger partial charge in [0.1, 0.15) is 24.5 Å². The third-order valence-electron chi connectivity index (χ3n) is 7.31. The predicted octanol–water partition coefficient (Wildman–Crippen LogP) is 5.48. The second-order valence-corrected chi connectivity index (χ2v) is 14.9. The molecule has 4 heterocycles. The molecule has 3 aromatic heterocycles. The van der Waals surface area contributed by atoms with Gasteiger partial charge in [-0.25, -0.2) is 4.98 Å². The van der Waals surface area contributed by atoms with E-state index < -0.39 is 7.14 Å². The highest BCUT2D eigenvalue weighted by atomic mass is 79.9. The summed E-state index contributed by atoms with van der Waals surface area (Å²) in [6.07, 6.45) is 11.1. The Labute approximate surface area is 250 Å². The molecule has 12 heteroatoms. The molecule has 1 saturated heterocycles. The topological polar surface area (TPSA) is 117 Å². The summed E-state index contributed by atoms with van der Waals surface area (Å²) in [5.41, 5.74) is 4.42. The number of hydrogen-bond donors (Lipinski definition) is 3. The summed E-state index contributed by atoms with van der Waals surface area (Å²) in [4.78, 5) is 21.1. The summed E-state index contributed by atoms with van der Waals surface area (Å²) in [5.74, 6) is 2.35. The van der Waals surface area contributed by atoms with Crippen molar-refractivity contribution >= 4 is 63.4 Å². The Kier molecular flexibility index (Phi) is 8.97. The van der Waals surface area contributed by atoms with Crippen LogP contribution in [-0.2, 0) is 17.4 Å². The average Bonchev–Trinajstić information content (AvgIpc) is 3.17. The predicted molar refractivity (Wildman–Crippen MR) is 171 cm³/mol. The van der Waals surface area contributed by atoms with E-state index in [1.807, 2.05) is 6.08 Å². The van der Waals surface area contributed by atoms with Crippen LogP contribution in [-0.4, -0.2) is 66.1 Å². The number of nitrogens with one attached hydrogen (secondary N) is 3. The third-order valence-corrected chi connectivity index (χ3v) is 9.48. The van der Waals surface area contributed by atoms with Gasteiger partial charge in [-0.2, -0.15) is 9.97 Å². The molecule has 0 amide bonds. The van der Waals surface area contributed by atoms with Gasteiger partial charge in [0.2, 0.25) is 11.8 Å². The zero-order chi connectivity index (χ0) is 29.1. The minimum Gasteiger partial charge on any atom is -0.479 e. The summed E-state index contributed by atoms with van der Waals surface area (Å²) in [6.45, 7) is 10.8. The maximum atomic E-state index is 13.4. The first kappa shape index (κ1) is 29.5. The zero-order valence-electron chi connectivity index (χ0n) is 24.3. The molecule has 0 bridgehead atoms. The number of aromatic nitrogens is 4. The molecule has 0 saturated carbocycles. The molecule has 218 valence electrons. The highest BCUT2D eigenvalue weighted by Gasteiger charge is 2.26. The lowest BCUT2D eigenvalue weighted by Gasteiger charge is -2.27. The minimum absolute atomic E-state index is 0.379. The van der Waals surface area contributed by atoms with Crippen molar-refractivity contribution in [1.82, 2.24) is 25.3 Å². The van der Waals surface area contributed by atoms with Crippen LogP contribution in [0.15, 0.2) is 29.0 Å². The number of allylic oxidation sites excluding steroid dienone is 1. The molecule has 1 fully saturated rings. The SMILES string of the molecule is CCc1cc(Nc2ncc(Br)c(Nc3cnc4c(c3P(C)(C)=O)CCC=C4)n2)c(OC)nc1N1CCCN[C@@H](C)C1. The normalized spacial score (nSPS) is 17.1. The highest BCUT2D eigenvalue weighted by molar-refractivity contribution is 9.10. The van der Waals surface area contributed by atoms with Gasteiger partial charge >= 0.3 is 0 Å². The van der Waals surface area contributed by atoms with E-state index in [4.69, 9.17) is 14.7 Å². The maximum absolute atomic E-state index is 13.4. The van der Waals surface area contributed by atoms with E-state index in [0.717, 1.165) is 73.3 Å². The Balaban J connectivity index is 1.46. The van der Waals surface area contributed by atoms with Crippen molar-refractivity contribution in [3.05, 3.63) is 45.8 Å². The molecule has 5 rings (SSSR count). The van der Waals surface area contributed by atoms with Crippen LogP contribution in [0.5, 0.6) is 5.88 Å². The molecule has 2 aliphatic rings. The van der Waals surface area contributed by atoms with Crippen LogP contribution in [0, 0.1) is 0 Å². The van der Waals surface area contributed by atoms with E-state index in [-0.39, 0.29) is 0 Å². The molecule has 3 N–H and O–H groups in total. The maximum Gasteiger partial charge on any atom is 0.239 e. The molecule has 1 aliphatic carbocycles. The van der Waals surface area contributed by atoms with Crippen LogP contribution in [0.25, 0.3) is 6.08 Å². The van der Waals surface area contributed by atoms with Gasteiger partial charge < -0.3 is 30.2 Å². The van der Waals surface area contributed by atoms with Crippen molar-refractivity contribution in [2.45, 2.75) is 45.6 Å². The first-order chi connectivity index (χ1) is 19.7. The molecular weight excluding hydrogens is 603 g/mol. The quantitative estimate of drug-likeness (QED) is 0.273. The van der Waals surface area contributed by atoms with E-state index in [0.29, 0.717) is 39.5 Å². The van der Waals surface area contributed by atoms with Crippen molar-refractivity contribution < 1.29 is 9.30 Å². The van der Waals surface area contributed by atoms with Crippen molar-refractivity contribution in [2.24, 2.45) is 0 Å². The average molecular weight is 642 g/mol. The lowest BCUT2D eigenvalue weighted by atomic mass is 10.0. The van der Waals surface area contributed by atoms with Crippen LogP contribution >= 0.6 is 23.1 Å². The van der Waals surface area contributed by atoms with Crippen molar-refractivity contribution in [1.29, 1.82) is 0 Å². The number of methoxy groups -OCH3 is 1. The van der Waals surface area contributed by atoms with Crippen LogP contribution in [0.1, 0.15) is 43.5 Å². The number of fused-ring (bicyclic) bond motifs is 1. The van der Waals surface area contributed by atoms with E-state index in [1.165, 1.54) is 0 Å². The van der Waals surface area contributed by atoms with Crippen LogP contribution in [0.3, 0.4) is 0 Å². The van der Waals surface area contributed by atoms with Gasteiger partial charge in [-0.1, -0.05) is 13.0 Å². The zero-order valence-corrected chi connectivity index (χ0v) is 26.8. The summed E-state index contributed by atoms with van der Waals surface area (Å²) in [7, 11) is -0.998. The van der Waals surface area contributed by atoms with Gasteiger partial charge in [0.25, 0.3) is 0 Å². The molecule has 1 atom stereocenters. The van der Waals surface area contributed by atoms with Gasteiger partial charge in [0, 0.05) is 30.6 Å². The van der Waals surface area contributed by atoms with Crippen LogP contribution in [0.4, 0.5) is 29.0 Å². The summed E-state index contributed by atoms with van der Waals surface area (Å²) in [6, 6.07) is 2.46. The molecule has 3 aromatic rings. The van der Waals surface area contributed by atoms with E-state index in [1.54, 1.807) is 32.8 Å². The lowest BCUT2D eigenvalue weighted by Crippen LogP contribution is -2.36. The Morgan fingerprint density at radius 3 is 2.78 bits per heavy atom. The van der Waals surface area contributed by atoms with Gasteiger partial charge in [0.05, 0.1) is 29.2 Å². The Bertz CT molecular complexity index is 1510. The monoisotopic (exact) mass is 640 g/mol. The molecular formula is C29H38BrN8O2P. The van der Waals surface area contributed by atoms with Gasteiger partial charge in [0.15, 0.2) is 0 Å². The molecule has 41 heavy (non-hydrogen) atoms. The fourth-order valence-electron chi connectivity index (χ4n) is 5.44. The van der Waals surface area contributed by atoms with Crippen molar-refractivity contribution in [3.8, 4) is 5.88 Å². The second-order valence-electron chi connectivity index (χ2n) is 10.9. The number of anilines is 5. The van der Waals surface area contributed by atoms with E-state index in [9.17, 15) is 4.57 Å². The fraction of sp³-hybridized carbons (Fsp3) is 0.448. The second kappa shape index (κ2) is 12.5. The van der Waals surface area contributed by atoms with E-state index in [2.05, 4.69) is 72.7 Å². The number of halogens is 1. The van der Waals surface area contributed by atoms with Gasteiger partial charge in [-0.3, -0.25) is 4.98 Å². The molecule has 10 nitrogen and oxygen atoms in total.